The largest absolute Gasteiger partial charge is 0.497 e. The smallest absolute Gasteiger partial charge is 0.220 e. The fourth-order valence-electron chi connectivity index (χ4n) is 2.85. The van der Waals surface area contributed by atoms with Crippen molar-refractivity contribution in [2.45, 2.75) is 18.9 Å². The van der Waals surface area contributed by atoms with Gasteiger partial charge in [0.2, 0.25) is 5.91 Å². The molecule has 6 heteroatoms. The van der Waals surface area contributed by atoms with Gasteiger partial charge < -0.3 is 19.7 Å². The van der Waals surface area contributed by atoms with Crippen molar-refractivity contribution in [1.82, 2.24) is 10.2 Å². The van der Waals surface area contributed by atoms with Crippen molar-refractivity contribution in [2.24, 2.45) is 0 Å². The Labute approximate surface area is 169 Å². The lowest BCUT2D eigenvalue weighted by Crippen LogP contribution is -2.34. The second kappa shape index (κ2) is 10.3. The van der Waals surface area contributed by atoms with Gasteiger partial charge in [-0.1, -0.05) is 18.2 Å². The van der Waals surface area contributed by atoms with Crippen LogP contribution in [-0.4, -0.2) is 45.7 Å². The number of amides is 1. The minimum absolute atomic E-state index is 0.0438. The molecule has 1 N–H and O–H groups in total. The SMILES string of the molecule is COc1ccc(C(CNC(=O)CCc2ccc(OC)c(Br)c2)N(C)C)cc1. The van der Waals surface area contributed by atoms with E-state index >= 15 is 0 Å². The lowest BCUT2D eigenvalue weighted by molar-refractivity contribution is -0.121. The predicted molar refractivity (Wildman–Crippen MR) is 111 cm³/mol. The number of methoxy groups -OCH3 is 2. The van der Waals surface area contributed by atoms with E-state index in [1.54, 1.807) is 14.2 Å². The topological polar surface area (TPSA) is 50.8 Å². The number of benzene rings is 2. The average Bonchev–Trinajstić information content (AvgIpc) is 2.67. The van der Waals surface area contributed by atoms with Gasteiger partial charge in [-0.05, 0) is 71.8 Å². The number of hydrogen-bond acceptors (Lipinski definition) is 4. The van der Waals surface area contributed by atoms with Crippen LogP contribution in [0.15, 0.2) is 46.9 Å². The molecule has 2 aromatic rings. The highest BCUT2D eigenvalue weighted by molar-refractivity contribution is 9.10. The zero-order chi connectivity index (χ0) is 19.8. The second-order valence-corrected chi connectivity index (χ2v) is 7.38. The van der Waals surface area contributed by atoms with Crippen LogP contribution in [0.2, 0.25) is 0 Å². The van der Waals surface area contributed by atoms with E-state index in [2.05, 4.69) is 26.1 Å². The fraction of sp³-hybridized carbons (Fsp3) is 0.381. The number of carbonyl (C=O) groups excluding carboxylic acids is 1. The number of nitrogens with one attached hydrogen (secondary N) is 1. The summed E-state index contributed by atoms with van der Waals surface area (Å²) in [6, 6.07) is 13.9. The molecule has 0 aliphatic carbocycles. The highest BCUT2D eigenvalue weighted by atomic mass is 79.9. The van der Waals surface area contributed by atoms with Gasteiger partial charge in [-0.2, -0.15) is 0 Å². The second-order valence-electron chi connectivity index (χ2n) is 6.53. The standard InChI is InChI=1S/C21H27BrN2O3/c1-24(2)19(16-7-9-17(26-3)10-8-16)14-23-21(25)12-6-15-5-11-20(27-4)18(22)13-15/h5,7-11,13,19H,6,12,14H2,1-4H3,(H,23,25). The maximum Gasteiger partial charge on any atom is 0.220 e. The Morgan fingerprint density at radius 1 is 1.11 bits per heavy atom. The first-order valence-corrected chi connectivity index (χ1v) is 9.63. The molecule has 0 aliphatic rings. The van der Waals surface area contributed by atoms with Gasteiger partial charge in [0.1, 0.15) is 11.5 Å². The first kappa shape index (κ1) is 21.3. The summed E-state index contributed by atoms with van der Waals surface area (Å²) in [6.07, 6.45) is 1.13. The Morgan fingerprint density at radius 3 is 2.37 bits per heavy atom. The summed E-state index contributed by atoms with van der Waals surface area (Å²) in [6.45, 7) is 0.560. The van der Waals surface area contributed by atoms with E-state index in [-0.39, 0.29) is 11.9 Å². The molecule has 0 saturated heterocycles. The molecule has 0 fully saturated rings. The van der Waals surface area contributed by atoms with Crippen LogP contribution in [0.1, 0.15) is 23.6 Å². The van der Waals surface area contributed by atoms with Gasteiger partial charge in [-0.15, -0.1) is 0 Å². The van der Waals surface area contributed by atoms with Gasteiger partial charge in [-0.25, -0.2) is 0 Å². The van der Waals surface area contributed by atoms with E-state index in [1.807, 2.05) is 56.6 Å². The monoisotopic (exact) mass is 434 g/mol. The summed E-state index contributed by atoms with van der Waals surface area (Å²) in [7, 11) is 7.31. The zero-order valence-electron chi connectivity index (χ0n) is 16.3. The lowest BCUT2D eigenvalue weighted by atomic mass is 10.1. The third-order valence-electron chi connectivity index (χ3n) is 4.47. The van der Waals surface area contributed by atoms with Crippen molar-refractivity contribution >= 4 is 21.8 Å². The maximum absolute atomic E-state index is 12.3. The van der Waals surface area contributed by atoms with E-state index in [1.165, 1.54) is 0 Å². The summed E-state index contributed by atoms with van der Waals surface area (Å²) in [4.78, 5) is 14.4. The highest BCUT2D eigenvalue weighted by Crippen LogP contribution is 2.26. The number of nitrogens with zero attached hydrogens (tertiary/aromatic N) is 1. The Bertz CT molecular complexity index is 748. The van der Waals surface area contributed by atoms with Crippen molar-refractivity contribution in [2.75, 3.05) is 34.9 Å². The first-order chi connectivity index (χ1) is 12.9. The number of carbonyl (C=O) groups is 1. The normalized spacial score (nSPS) is 11.9. The third kappa shape index (κ3) is 6.26. The quantitative estimate of drug-likeness (QED) is 0.651. The van der Waals surface area contributed by atoms with E-state index in [9.17, 15) is 4.79 Å². The maximum atomic E-state index is 12.3. The van der Waals surface area contributed by atoms with Gasteiger partial charge >= 0.3 is 0 Å². The molecule has 0 bridgehead atoms. The van der Waals surface area contributed by atoms with E-state index in [0.29, 0.717) is 19.4 Å². The van der Waals surface area contributed by atoms with E-state index < -0.39 is 0 Å². The van der Waals surface area contributed by atoms with Crippen LogP contribution in [0, 0.1) is 0 Å². The van der Waals surface area contributed by atoms with Crippen LogP contribution in [0.5, 0.6) is 11.5 Å². The van der Waals surface area contributed by atoms with Crippen molar-refractivity contribution in [3.63, 3.8) is 0 Å². The van der Waals surface area contributed by atoms with Crippen molar-refractivity contribution in [3.8, 4) is 11.5 Å². The van der Waals surface area contributed by atoms with E-state index in [0.717, 1.165) is 27.1 Å². The molecule has 5 nitrogen and oxygen atoms in total. The Morgan fingerprint density at radius 2 is 1.81 bits per heavy atom. The summed E-state index contributed by atoms with van der Waals surface area (Å²) in [5.74, 6) is 1.66. The van der Waals surface area contributed by atoms with Crippen molar-refractivity contribution in [3.05, 3.63) is 58.1 Å². The van der Waals surface area contributed by atoms with Crippen LogP contribution in [0.3, 0.4) is 0 Å². The summed E-state index contributed by atoms with van der Waals surface area (Å²) < 4.78 is 11.3. The molecular formula is C21H27BrN2O3. The first-order valence-electron chi connectivity index (χ1n) is 8.84. The Kier molecular flexibility index (Phi) is 8.13. The van der Waals surface area contributed by atoms with Crippen molar-refractivity contribution < 1.29 is 14.3 Å². The van der Waals surface area contributed by atoms with Gasteiger partial charge in [0.05, 0.1) is 24.7 Å². The summed E-state index contributed by atoms with van der Waals surface area (Å²) >= 11 is 3.48. The molecule has 2 aromatic carbocycles. The molecule has 0 aromatic heterocycles. The van der Waals surface area contributed by atoms with Crippen LogP contribution < -0.4 is 14.8 Å². The highest BCUT2D eigenvalue weighted by Gasteiger charge is 2.15. The van der Waals surface area contributed by atoms with Crippen LogP contribution in [-0.2, 0) is 11.2 Å². The fourth-order valence-corrected chi connectivity index (χ4v) is 3.43. The molecular weight excluding hydrogens is 408 g/mol. The average molecular weight is 435 g/mol. The predicted octanol–water partition coefficient (Wildman–Crippen LogP) is 3.82. The molecule has 0 radical (unpaired) electrons. The zero-order valence-corrected chi connectivity index (χ0v) is 17.9. The van der Waals surface area contributed by atoms with Crippen molar-refractivity contribution in [1.29, 1.82) is 0 Å². The Balaban J connectivity index is 1.89. The number of rotatable bonds is 9. The minimum Gasteiger partial charge on any atom is -0.497 e. The van der Waals surface area contributed by atoms with E-state index in [4.69, 9.17) is 9.47 Å². The summed E-state index contributed by atoms with van der Waals surface area (Å²) in [5.41, 5.74) is 2.23. The Hall–Kier alpha value is -2.05. The molecule has 1 amide bonds. The molecule has 27 heavy (non-hydrogen) atoms. The molecule has 0 spiro atoms. The van der Waals surface area contributed by atoms with Crippen LogP contribution in [0.4, 0.5) is 0 Å². The van der Waals surface area contributed by atoms with Crippen LogP contribution >= 0.6 is 15.9 Å². The molecule has 146 valence electrons. The van der Waals surface area contributed by atoms with Gasteiger partial charge in [0, 0.05) is 13.0 Å². The number of halogens is 1. The number of likely N-dealkylation sites (N-methyl/N-ethyl adjacent to an activating group) is 1. The number of hydrogen-bond donors (Lipinski definition) is 1. The van der Waals surface area contributed by atoms with Gasteiger partial charge in [-0.3, -0.25) is 4.79 Å². The molecule has 2 rings (SSSR count). The third-order valence-corrected chi connectivity index (χ3v) is 5.09. The number of ether oxygens (including phenoxy) is 2. The molecule has 0 heterocycles. The molecule has 0 aliphatic heterocycles. The minimum atomic E-state index is 0.0438. The van der Waals surface area contributed by atoms with Gasteiger partial charge in [0.25, 0.3) is 0 Å². The molecule has 1 unspecified atom stereocenters. The van der Waals surface area contributed by atoms with Crippen LogP contribution in [0.25, 0.3) is 0 Å². The molecule has 1 atom stereocenters. The lowest BCUT2D eigenvalue weighted by Gasteiger charge is -2.25. The number of aryl methyl sites for hydroxylation is 1. The van der Waals surface area contributed by atoms with Gasteiger partial charge in [0.15, 0.2) is 0 Å². The molecule has 0 saturated carbocycles. The summed E-state index contributed by atoms with van der Waals surface area (Å²) in [5, 5.41) is 3.05.